The molecule has 0 saturated heterocycles. The molecule has 1 atom stereocenters. The Hall–Kier alpha value is -1.69. The average molecular weight is 297 g/mol. The first kappa shape index (κ1) is 16.4. The standard InChI is InChI=1S/C14H19NO4S/c1-4-19-13(16)9-20-10(2)14(17)15-11-5-7-12(18-3)8-6-11/h5-8,10H,4,9H2,1-3H3,(H,15,17)/t10-/m1/s1. The highest BCUT2D eigenvalue weighted by molar-refractivity contribution is 8.01. The van der Waals surface area contributed by atoms with Crippen LogP contribution in [-0.4, -0.2) is 36.6 Å². The summed E-state index contributed by atoms with van der Waals surface area (Å²) in [7, 11) is 1.59. The van der Waals surface area contributed by atoms with Gasteiger partial charge >= 0.3 is 5.97 Å². The number of rotatable bonds is 7. The van der Waals surface area contributed by atoms with Crippen LogP contribution in [0.15, 0.2) is 24.3 Å². The third kappa shape index (κ3) is 5.52. The van der Waals surface area contributed by atoms with Crippen molar-refractivity contribution in [3.8, 4) is 5.75 Å². The van der Waals surface area contributed by atoms with Crippen molar-refractivity contribution in [1.82, 2.24) is 0 Å². The van der Waals surface area contributed by atoms with Crippen LogP contribution >= 0.6 is 11.8 Å². The summed E-state index contributed by atoms with van der Waals surface area (Å²) in [6, 6.07) is 7.07. The summed E-state index contributed by atoms with van der Waals surface area (Å²) >= 11 is 1.25. The largest absolute Gasteiger partial charge is 0.497 e. The summed E-state index contributed by atoms with van der Waals surface area (Å²) in [6.07, 6.45) is 0. The van der Waals surface area contributed by atoms with E-state index in [4.69, 9.17) is 9.47 Å². The molecule has 0 fully saturated rings. The van der Waals surface area contributed by atoms with E-state index in [2.05, 4.69) is 5.32 Å². The third-order valence-corrected chi connectivity index (χ3v) is 3.60. The summed E-state index contributed by atoms with van der Waals surface area (Å²) in [6.45, 7) is 3.86. The van der Waals surface area contributed by atoms with Gasteiger partial charge in [0.25, 0.3) is 0 Å². The Morgan fingerprint density at radius 3 is 2.50 bits per heavy atom. The van der Waals surface area contributed by atoms with E-state index in [-0.39, 0.29) is 22.9 Å². The number of hydrogen-bond acceptors (Lipinski definition) is 5. The van der Waals surface area contributed by atoms with Gasteiger partial charge in [-0.1, -0.05) is 0 Å². The molecule has 110 valence electrons. The number of amides is 1. The zero-order chi connectivity index (χ0) is 15.0. The molecule has 0 aromatic heterocycles. The molecule has 0 saturated carbocycles. The van der Waals surface area contributed by atoms with Gasteiger partial charge in [-0.25, -0.2) is 0 Å². The lowest BCUT2D eigenvalue weighted by atomic mass is 10.3. The Labute approximate surface area is 123 Å². The van der Waals surface area contributed by atoms with E-state index >= 15 is 0 Å². The predicted molar refractivity (Wildman–Crippen MR) is 80.2 cm³/mol. The highest BCUT2D eigenvalue weighted by Gasteiger charge is 2.15. The van der Waals surface area contributed by atoms with Crippen molar-refractivity contribution in [3.63, 3.8) is 0 Å². The molecule has 0 aliphatic rings. The molecule has 0 aliphatic heterocycles. The van der Waals surface area contributed by atoms with Crippen LogP contribution in [0.4, 0.5) is 5.69 Å². The smallest absolute Gasteiger partial charge is 0.315 e. The fourth-order valence-electron chi connectivity index (χ4n) is 1.39. The number of hydrogen-bond donors (Lipinski definition) is 1. The first-order valence-electron chi connectivity index (χ1n) is 6.29. The summed E-state index contributed by atoms with van der Waals surface area (Å²) in [5.41, 5.74) is 0.694. The molecule has 1 aromatic carbocycles. The molecular formula is C14H19NO4S. The molecule has 1 rings (SSSR count). The maximum Gasteiger partial charge on any atom is 0.315 e. The SMILES string of the molecule is CCOC(=O)CS[C@H](C)C(=O)Nc1ccc(OC)cc1. The van der Waals surface area contributed by atoms with Crippen LogP contribution in [0.1, 0.15) is 13.8 Å². The zero-order valence-corrected chi connectivity index (χ0v) is 12.7. The zero-order valence-electron chi connectivity index (χ0n) is 11.8. The molecule has 0 unspecified atom stereocenters. The van der Waals surface area contributed by atoms with Crippen LogP contribution in [0.2, 0.25) is 0 Å². The lowest BCUT2D eigenvalue weighted by Crippen LogP contribution is -2.24. The summed E-state index contributed by atoms with van der Waals surface area (Å²) in [5.74, 6) is 0.448. The minimum atomic E-state index is -0.332. The van der Waals surface area contributed by atoms with E-state index in [9.17, 15) is 9.59 Å². The molecule has 0 bridgehead atoms. The molecular weight excluding hydrogens is 278 g/mol. The number of esters is 1. The summed E-state index contributed by atoms with van der Waals surface area (Å²) in [4.78, 5) is 23.1. The minimum Gasteiger partial charge on any atom is -0.497 e. The van der Waals surface area contributed by atoms with E-state index in [0.29, 0.717) is 12.3 Å². The van der Waals surface area contributed by atoms with Gasteiger partial charge < -0.3 is 14.8 Å². The van der Waals surface area contributed by atoms with E-state index < -0.39 is 0 Å². The van der Waals surface area contributed by atoms with Crippen LogP contribution in [-0.2, 0) is 14.3 Å². The first-order valence-corrected chi connectivity index (χ1v) is 7.33. The monoisotopic (exact) mass is 297 g/mol. The van der Waals surface area contributed by atoms with Crippen molar-refractivity contribution >= 4 is 29.3 Å². The Morgan fingerprint density at radius 2 is 1.95 bits per heavy atom. The van der Waals surface area contributed by atoms with Gasteiger partial charge in [0.1, 0.15) is 5.75 Å². The van der Waals surface area contributed by atoms with Crippen molar-refractivity contribution in [3.05, 3.63) is 24.3 Å². The second-order valence-electron chi connectivity index (χ2n) is 3.98. The fourth-order valence-corrected chi connectivity index (χ4v) is 2.07. The van der Waals surface area contributed by atoms with Gasteiger partial charge in [0, 0.05) is 5.69 Å². The number of nitrogens with one attached hydrogen (secondary N) is 1. The number of anilines is 1. The van der Waals surface area contributed by atoms with Crippen LogP contribution in [0.25, 0.3) is 0 Å². The molecule has 0 radical (unpaired) electrons. The Morgan fingerprint density at radius 1 is 1.30 bits per heavy atom. The maximum absolute atomic E-state index is 11.9. The number of benzene rings is 1. The van der Waals surface area contributed by atoms with Crippen molar-refractivity contribution < 1.29 is 19.1 Å². The van der Waals surface area contributed by atoms with Gasteiger partial charge in [0.15, 0.2) is 0 Å². The van der Waals surface area contributed by atoms with Crippen molar-refractivity contribution in [1.29, 1.82) is 0 Å². The Kier molecular flexibility index (Phi) is 6.93. The molecule has 20 heavy (non-hydrogen) atoms. The van der Waals surface area contributed by atoms with Gasteiger partial charge in [-0.2, -0.15) is 0 Å². The van der Waals surface area contributed by atoms with Gasteiger partial charge in [-0.3, -0.25) is 9.59 Å². The predicted octanol–water partition coefficient (Wildman–Crippen LogP) is 2.32. The lowest BCUT2D eigenvalue weighted by molar-refractivity contribution is -0.139. The number of ether oxygens (including phenoxy) is 2. The van der Waals surface area contributed by atoms with Crippen LogP contribution in [0, 0.1) is 0 Å². The molecule has 1 amide bonds. The van der Waals surface area contributed by atoms with E-state index in [1.165, 1.54) is 11.8 Å². The Bertz CT molecular complexity index is 447. The maximum atomic E-state index is 11.9. The van der Waals surface area contributed by atoms with Gasteiger partial charge in [0.2, 0.25) is 5.91 Å². The first-order chi connectivity index (χ1) is 9.56. The number of carbonyl (C=O) groups is 2. The number of carbonyl (C=O) groups excluding carboxylic acids is 2. The second-order valence-corrected chi connectivity index (χ2v) is 5.31. The molecule has 0 spiro atoms. The number of thioether (sulfide) groups is 1. The van der Waals surface area contributed by atoms with E-state index in [0.717, 1.165) is 5.75 Å². The van der Waals surface area contributed by atoms with Gasteiger partial charge in [-0.05, 0) is 38.1 Å². The lowest BCUT2D eigenvalue weighted by Gasteiger charge is -2.12. The van der Waals surface area contributed by atoms with Gasteiger partial charge in [-0.15, -0.1) is 11.8 Å². The van der Waals surface area contributed by atoms with E-state index in [1.54, 1.807) is 45.2 Å². The molecule has 0 heterocycles. The third-order valence-electron chi connectivity index (χ3n) is 2.48. The topological polar surface area (TPSA) is 64.6 Å². The fraction of sp³-hybridized carbons (Fsp3) is 0.429. The van der Waals surface area contributed by atoms with Gasteiger partial charge in [0.05, 0.1) is 24.7 Å². The summed E-state index contributed by atoms with van der Waals surface area (Å²) in [5, 5.41) is 2.45. The van der Waals surface area contributed by atoms with Crippen LogP contribution < -0.4 is 10.1 Å². The quantitative estimate of drug-likeness (QED) is 0.782. The summed E-state index contributed by atoms with van der Waals surface area (Å²) < 4.78 is 9.85. The molecule has 1 N–H and O–H groups in total. The van der Waals surface area contributed by atoms with Crippen molar-refractivity contribution in [2.24, 2.45) is 0 Å². The normalized spacial score (nSPS) is 11.6. The van der Waals surface area contributed by atoms with Crippen LogP contribution in [0.3, 0.4) is 0 Å². The molecule has 6 heteroatoms. The van der Waals surface area contributed by atoms with Crippen molar-refractivity contribution in [2.75, 3.05) is 24.8 Å². The highest BCUT2D eigenvalue weighted by Crippen LogP contribution is 2.17. The van der Waals surface area contributed by atoms with Crippen molar-refractivity contribution in [2.45, 2.75) is 19.1 Å². The number of methoxy groups -OCH3 is 1. The molecule has 5 nitrogen and oxygen atoms in total. The second kappa shape index (κ2) is 8.47. The average Bonchev–Trinajstić information content (AvgIpc) is 2.45. The van der Waals surface area contributed by atoms with Crippen LogP contribution in [0.5, 0.6) is 5.75 Å². The van der Waals surface area contributed by atoms with E-state index in [1.807, 2.05) is 0 Å². The highest BCUT2D eigenvalue weighted by atomic mass is 32.2. The molecule has 0 aliphatic carbocycles. The minimum absolute atomic E-state index is 0.149. The molecule has 1 aromatic rings. The Balaban J connectivity index is 2.42.